The highest BCUT2D eigenvalue weighted by atomic mass is 16.3. The minimum Gasteiger partial charge on any atom is -0.378 e. The first-order chi connectivity index (χ1) is 12.5. The summed E-state index contributed by atoms with van der Waals surface area (Å²) >= 11 is 0. The van der Waals surface area contributed by atoms with Crippen LogP contribution in [0.25, 0.3) is 0 Å². The number of anilines is 1. The normalized spacial score (nSPS) is 16.0. The Morgan fingerprint density at radius 1 is 1.19 bits per heavy atom. The molecule has 1 amide bonds. The molecule has 1 atom stereocenters. The lowest BCUT2D eigenvalue weighted by atomic mass is 10.1. The van der Waals surface area contributed by atoms with Crippen molar-refractivity contribution in [2.24, 2.45) is 0 Å². The molecule has 7 nitrogen and oxygen atoms in total. The maximum absolute atomic E-state index is 12.5. The number of aliphatic hydroxyl groups is 1. The van der Waals surface area contributed by atoms with E-state index in [1.54, 1.807) is 23.2 Å². The topological polar surface area (TPSA) is 72.8 Å². The molecule has 2 aromatic heterocycles. The molecule has 0 aromatic carbocycles. The maximum atomic E-state index is 12.5. The number of aromatic nitrogens is 2. The molecule has 138 valence electrons. The van der Waals surface area contributed by atoms with Crippen molar-refractivity contribution >= 4 is 11.7 Å². The van der Waals surface area contributed by atoms with Crippen LogP contribution in [-0.4, -0.2) is 71.1 Å². The fourth-order valence-electron chi connectivity index (χ4n) is 3.07. The molecule has 1 aliphatic heterocycles. The van der Waals surface area contributed by atoms with Crippen LogP contribution in [0, 0.1) is 0 Å². The van der Waals surface area contributed by atoms with Crippen molar-refractivity contribution in [3.8, 4) is 0 Å². The molecule has 2 aromatic rings. The Morgan fingerprint density at radius 3 is 2.54 bits per heavy atom. The first kappa shape index (κ1) is 18.3. The highest BCUT2D eigenvalue weighted by Crippen LogP contribution is 2.18. The van der Waals surface area contributed by atoms with Crippen LogP contribution in [0.3, 0.4) is 0 Å². The summed E-state index contributed by atoms with van der Waals surface area (Å²) in [6, 6.07) is 7.55. The quantitative estimate of drug-likeness (QED) is 0.860. The zero-order chi connectivity index (χ0) is 18.5. The smallest absolute Gasteiger partial charge is 0.256 e. The number of rotatable bonds is 5. The minimum absolute atomic E-state index is 0.271. The van der Waals surface area contributed by atoms with Gasteiger partial charge in [-0.25, -0.2) is 4.98 Å². The molecule has 1 aliphatic rings. The molecule has 1 fully saturated rings. The fraction of sp³-hybridized carbons (Fsp3) is 0.421. The van der Waals surface area contributed by atoms with Crippen LogP contribution in [0.1, 0.15) is 17.2 Å². The van der Waals surface area contributed by atoms with E-state index < -0.39 is 6.10 Å². The van der Waals surface area contributed by atoms with E-state index in [0.29, 0.717) is 31.7 Å². The van der Waals surface area contributed by atoms with Gasteiger partial charge in [-0.3, -0.25) is 9.78 Å². The zero-order valence-corrected chi connectivity index (χ0v) is 15.2. The van der Waals surface area contributed by atoms with E-state index in [-0.39, 0.29) is 5.91 Å². The van der Waals surface area contributed by atoms with Crippen molar-refractivity contribution in [1.29, 1.82) is 0 Å². The van der Waals surface area contributed by atoms with Gasteiger partial charge in [0, 0.05) is 56.9 Å². The van der Waals surface area contributed by atoms with E-state index in [9.17, 15) is 9.90 Å². The predicted molar refractivity (Wildman–Crippen MR) is 99.6 cm³/mol. The van der Waals surface area contributed by atoms with Crippen molar-refractivity contribution in [2.45, 2.75) is 12.6 Å². The van der Waals surface area contributed by atoms with Crippen LogP contribution >= 0.6 is 0 Å². The van der Waals surface area contributed by atoms with Crippen molar-refractivity contribution in [3.63, 3.8) is 0 Å². The molecule has 3 heterocycles. The minimum atomic E-state index is -1.15. The number of carbonyl (C=O) groups excluding carboxylic acids is 1. The van der Waals surface area contributed by atoms with Gasteiger partial charge in [-0.1, -0.05) is 12.1 Å². The Morgan fingerprint density at radius 2 is 1.96 bits per heavy atom. The summed E-state index contributed by atoms with van der Waals surface area (Å²) in [5.74, 6) is 0.652. The van der Waals surface area contributed by atoms with E-state index in [4.69, 9.17) is 0 Å². The molecular weight excluding hydrogens is 330 g/mol. The van der Waals surface area contributed by atoms with E-state index in [1.807, 2.05) is 26.4 Å². The number of pyridine rings is 2. The van der Waals surface area contributed by atoms with Crippen molar-refractivity contribution in [3.05, 3.63) is 54.0 Å². The Kier molecular flexibility index (Phi) is 5.80. The first-order valence-electron chi connectivity index (χ1n) is 8.76. The van der Waals surface area contributed by atoms with E-state index >= 15 is 0 Å². The standard InChI is InChI=1S/C19H25N5O2/c1-22(2)14-15-5-6-17(21-12-15)23-8-10-24(11-9-23)19(26)18(25)16-4-3-7-20-13-16/h3-7,12-13,18,25H,8-11,14H2,1-2H3. The Balaban J connectivity index is 1.56. The lowest BCUT2D eigenvalue weighted by Crippen LogP contribution is -2.50. The zero-order valence-electron chi connectivity index (χ0n) is 15.2. The van der Waals surface area contributed by atoms with Crippen LogP contribution in [0.5, 0.6) is 0 Å². The largest absolute Gasteiger partial charge is 0.378 e. The van der Waals surface area contributed by atoms with Gasteiger partial charge in [-0.2, -0.15) is 0 Å². The van der Waals surface area contributed by atoms with Gasteiger partial charge in [0.15, 0.2) is 6.10 Å². The van der Waals surface area contributed by atoms with Crippen molar-refractivity contribution < 1.29 is 9.90 Å². The summed E-state index contributed by atoms with van der Waals surface area (Å²) in [4.78, 5) is 27.0. The molecule has 0 spiro atoms. The number of aliphatic hydroxyl groups excluding tert-OH is 1. The molecule has 1 unspecified atom stereocenters. The highest BCUT2D eigenvalue weighted by Gasteiger charge is 2.27. The van der Waals surface area contributed by atoms with Gasteiger partial charge in [0.2, 0.25) is 0 Å². The van der Waals surface area contributed by atoms with Gasteiger partial charge < -0.3 is 19.8 Å². The molecule has 7 heteroatoms. The summed E-state index contributed by atoms with van der Waals surface area (Å²) in [7, 11) is 4.06. The average Bonchev–Trinajstić information content (AvgIpc) is 2.68. The second-order valence-electron chi connectivity index (χ2n) is 6.76. The van der Waals surface area contributed by atoms with Gasteiger partial charge in [0.05, 0.1) is 0 Å². The third-order valence-corrected chi connectivity index (χ3v) is 4.46. The van der Waals surface area contributed by atoms with Gasteiger partial charge in [-0.05, 0) is 31.8 Å². The number of piperazine rings is 1. The van der Waals surface area contributed by atoms with Gasteiger partial charge in [0.25, 0.3) is 5.91 Å². The number of amides is 1. The molecule has 0 aliphatic carbocycles. The van der Waals surface area contributed by atoms with Crippen LogP contribution in [0.15, 0.2) is 42.9 Å². The molecule has 0 radical (unpaired) electrons. The second-order valence-corrected chi connectivity index (χ2v) is 6.76. The Hall–Kier alpha value is -2.51. The van der Waals surface area contributed by atoms with Crippen LogP contribution in [0.2, 0.25) is 0 Å². The molecule has 0 bridgehead atoms. The van der Waals surface area contributed by atoms with Crippen LogP contribution in [0.4, 0.5) is 5.82 Å². The Labute approximate surface area is 153 Å². The number of carbonyl (C=O) groups is 1. The summed E-state index contributed by atoms with van der Waals surface area (Å²) in [6.07, 6.45) is 3.89. The number of hydrogen-bond acceptors (Lipinski definition) is 6. The third kappa shape index (κ3) is 4.36. The lowest BCUT2D eigenvalue weighted by Gasteiger charge is -2.36. The Bertz CT molecular complexity index is 712. The number of nitrogens with zero attached hydrogens (tertiary/aromatic N) is 5. The summed E-state index contributed by atoms with van der Waals surface area (Å²) < 4.78 is 0. The fourth-order valence-corrected chi connectivity index (χ4v) is 3.07. The molecule has 0 saturated carbocycles. The monoisotopic (exact) mass is 355 g/mol. The van der Waals surface area contributed by atoms with Gasteiger partial charge in [0.1, 0.15) is 5.82 Å². The van der Waals surface area contributed by atoms with Gasteiger partial charge in [-0.15, -0.1) is 0 Å². The molecule has 26 heavy (non-hydrogen) atoms. The molecule has 1 saturated heterocycles. The second kappa shape index (κ2) is 8.25. The molecule has 1 N–H and O–H groups in total. The third-order valence-electron chi connectivity index (χ3n) is 4.46. The predicted octanol–water partition coefficient (Wildman–Crippen LogP) is 0.920. The summed E-state index contributed by atoms with van der Waals surface area (Å²) in [5, 5.41) is 10.3. The molecule has 3 rings (SSSR count). The van der Waals surface area contributed by atoms with E-state index in [1.165, 1.54) is 11.8 Å². The van der Waals surface area contributed by atoms with Crippen molar-refractivity contribution in [1.82, 2.24) is 19.8 Å². The van der Waals surface area contributed by atoms with E-state index in [2.05, 4.69) is 25.8 Å². The molecular formula is C19H25N5O2. The van der Waals surface area contributed by atoms with Crippen LogP contribution in [-0.2, 0) is 11.3 Å². The SMILES string of the molecule is CN(C)Cc1ccc(N2CCN(C(=O)C(O)c3cccnc3)CC2)nc1. The van der Waals surface area contributed by atoms with Crippen LogP contribution < -0.4 is 4.90 Å². The number of hydrogen-bond donors (Lipinski definition) is 1. The first-order valence-corrected chi connectivity index (χ1v) is 8.76. The summed E-state index contributed by atoms with van der Waals surface area (Å²) in [5.41, 5.74) is 1.70. The lowest BCUT2D eigenvalue weighted by molar-refractivity contribution is -0.140. The van der Waals surface area contributed by atoms with Gasteiger partial charge >= 0.3 is 0 Å². The van der Waals surface area contributed by atoms with E-state index in [0.717, 1.165) is 12.4 Å². The highest BCUT2D eigenvalue weighted by molar-refractivity contribution is 5.82. The summed E-state index contributed by atoms with van der Waals surface area (Å²) in [6.45, 7) is 3.40. The van der Waals surface area contributed by atoms with Crippen molar-refractivity contribution in [2.75, 3.05) is 45.2 Å². The maximum Gasteiger partial charge on any atom is 0.256 e. The average molecular weight is 355 g/mol.